The van der Waals surface area contributed by atoms with Crippen LogP contribution >= 0.6 is 0 Å². The molecule has 3 heteroatoms. The van der Waals surface area contributed by atoms with Gasteiger partial charge in [-0.05, 0) is 117 Å². The Labute approximate surface area is 294 Å². The molecular weight excluding hydrogens is 591 g/mol. The normalized spacial score (nSPS) is 18.2. The molecule has 246 valence electrons. The molecule has 0 bridgehead atoms. The number of anilines is 5. The first-order chi connectivity index (χ1) is 23.5. The Morgan fingerprint density at radius 3 is 2.06 bits per heavy atom. The minimum absolute atomic E-state index is 0.0645. The van der Waals surface area contributed by atoms with E-state index in [1.54, 1.807) is 0 Å². The van der Waals surface area contributed by atoms with Gasteiger partial charge in [-0.1, -0.05) is 122 Å². The van der Waals surface area contributed by atoms with Crippen LogP contribution in [0.2, 0.25) is 0 Å². The molecule has 5 aromatic rings. The van der Waals surface area contributed by atoms with E-state index in [1.165, 1.54) is 110 Å². The number of nitrogens with zero attached hydrogens (tertiary/aromatic N) is 2. The Morgan fingerprint density at radius 2 is 1.31 bits per heavy atom. The van der Waals surface area contributed by atoms with E-state index in [1.807, 2.05) is 0 Å². The average molecular weight is 641 g/mol. The predicted octanol–water partition coefficient (Wildman–Crippen LogP) is 11.1. The summed E-state index contributed by atoms with van der Waals surface area (Å²) >= 11 is 0. The molecule has 0 amide bonds. The van der Waals surface area contributed by atoms with E-state index in [2.05, 4.69) is 155 Å². The zero-order valence-electron chi connectivity index (χ0n) is 30.5. The molecule has 0 atom stereocenters. The van der Waals surface area contributed by atoms with Crippen LogP contribution < -0.4 is 20.6 Å². The van der Waals surface area contributed by atoms with E-state index in [0.29, 0.717) is 0 Å². The van der Waals surface area contributed by atoms with Gasteiger partial charge in [-0.3, -0.25) is 0 Å². The van der Waals surface area contributed by atoms with Crippen molar-refractivity contribution in [2.75, 3.05) is 9.71 Å². The van der Waals surface area contributed by atoms with Gasteiger partial charge in [-0.2, -0.15) is 0 Å². The third kappa shape index (κ3) is 4.33. The number of para-hydroxylation sites is 3. The van der Waals surface area contributed by atoms with Crippen molar-refractivity contribution >= 4 is 46.2 Å². The number of hydrogen-bond donors (Lipinski definition) is 0. The van der Waals surface area contributed by atoms with Crippen molar-refractivity contribution in [3.63, 3.8) is 0 Å². The van der Waals surface area contributed by atoms with Gasteiger partial charge in [0.05, 0.1) is 5.69 Å². The molecule has 0 radical (unpaired) electrons. The Balaban J connectivity index is 1.42. The van der Waals surface area contributed by atoms with Gasteiger partial charge in [0.25, 0.3) is 0 Å². The summed E-state index contributed by atoms with van der Waals surface area (Å²) in [4.78, 5) is 5.36. The first-order valence-electron chi connectivity index (χ1n) is 18.8. The van der Waals surface area contributed by atoms with Crippen molar-refractivity contribution in [3.05, 3.63) is 125 Å². The lowest BCUT2D eigenvalue weighted by Crippen LogP contribution is -2.62. The summed E-state index contributed by atoms with van der Waals surface area (Å²) in [5, 5.41) is 0. The summed E-state index contributed by atoms with van der Waals surface area (Å²) in [6, 6.07) is 37.9. The Bertz CT molecular complexity index is 2140. The van der Waals surface area contributed by atoms with Crippen LogP contribution in [-0.4, -0.2) is 6.85 Å². The van der Waals surface area contributed by atoms with Gasteiger partial charge < -0.3 is 9.71 Å². The predicted molar refractivity (Wildman–Crippen MR) is 211 cm³/mol. The Hall–Kier alpha value is -4.24. The molecule has 1 aliphatic carbocycles. The fourth-order valence-electron chi connectivity index (χ4n) is 9.82. The smallest absolute Gasteiger partial charge is 0.333 e. The highest BCUT2D eigenvalue weighted by Crippen LogP contribution is 2.56. The molecule has 5 aromatic carbocycles. The molecule has 2 nitrogen and oxygen atoms in total. The topological polar surface area (TPSA) is 6.48 Å². The van der Waals surface area contributed by atoms with E-state index in [0.717, 1.165) is 6.42 Å². The Kier molecular flexibility index (Phi) is 6.68. The zero-order chi connectivity index (χ0) is 33.9. The van der Waals surface area contributed by atoms with E-state index < -0.39 is 0 Å². The second-order valence-corrected chi connectivity index (χ2v) is 17.0. The molecule has 9 rings (SSSR count). The number of benzene rings is 5. The van der Waals surface area contributed by atoms with Crippen molar-refractivity contribution in [1.29, 1.82) is 0 Å². The van der Waals surface area contributed by atoms with Crippen LogP contribution in [0.15, 0.2) is 97.1 Å². The van der Waals surface area contributed by atoms with Gasteiger partial charge in [0, 0.05) is 33.7 Å². The van der Waals surface area contributed by atoms with E-state index in [9.17, 15) is 0 Å². The number of unbranched alkanes of at least 4 members (excludes halogenated alkanes) is 2. The molecule has 3 aliphatic heterocycles. The fourth-order valence-corrected chi connectivity index (χ4v) is 9.82. The highest BCUT2D eigenvalue weighted by Gasteiger charge is 2.50. The number of fused-ring (bicyclic) bond motifs is 7. The molecule has 3 heterocycles. The lowest BCUT2D eigenvalue weighted by atomic mass is 9.42. The minimum atomic E-state index is -0.115. The van der Waals surface area contributed by atoms with Crippen molar-refractivity contribution in [1.82, 2.24) is 0 Å². The zero-order valence-corrected chi connectivity index (χ0v) is 30.5. The van der Waals surface area contributed by atoms with Crippen molar-refractivity contribution in [2.45, 2.75) is 103 Å². The number of rotatable bonds is 5. The van der Waals surface area contributed by atoms with Crippen LogP contribution in [-0.2, 0) is 22.7 Å². The third-order valence-electron chi connectivity index (χ3n) is 12.7. The van der Waals surface area contributed by atoms with E-state index >= 15 is 0 Å². The largest absolute Gasteiger partial charge is 0.376 e. The maximum atomic E-state index is 2.70. The summed E-state index contributed by atoms with van der Waals surface area (Å²) in [7, 11) is 0. The standard InChI is InChI=1S/C46H49BN2/c1-8-9-11-17-30-26-33-32-28-36-37(45(4,5)25-24-44(36,2)3)29-40(32)49(31-18-12-10-13-19-31)47-38-22-16-21-35-43(38)48(41(27-30)42(33)47)39-23-15-14-20-34(39)46(35,6)7/h10,12-16,18-23,26-29H,8-9,11,17,24-25H2,1-7H3. The lowest BCUT2D eigenvalue weighted by molar-refractivity contribution is 0.332. The van der Waals surface area contributed by atoms with Crippen LogP contribution in [0.5, 0.6) is 0 Å². The molecule has 0 aromatic heterocycles. The first-order valence-corrected chi connectivity index (χ1v) is 18.8. The monoisotopic (exact) mass is 640 g/mol. The van der Waals surface area contributed by atoms with E-state index in [4.69, 9.17) is 0 Å². The molecule has 0 spiro atoms. The van der Waals surface area contributed by atoms with Gasteiger partial charge in [-0.25, -0.2) is 0 Å². The van der Waals surface area contributed by atoms with E-state index in [-0.39, 0.29) is 23.1 Å². The number of hydrogen-bond acceptors (Lipinski definition) is 2. The summed E-state index contributed by atoms with van der Waals surface area (Å²) in [6.45, 7) is 17.1. The molecule has 49 heavy (non-hydrogen) atoms. The van der Waals surface area contributed by atoms with Gasteiger partial charge in [0.15, 0.2) is 0 Å². The molecule has 0 N–H and O–H groups in total. The van der Waals surface area contributed by atoms with Crippen LogP contribution in [0, 0.1) is 0 Å². The van der Waals surface area contributed by atoms with Gasteiger partial charge in [-0.15, -0.1) is 0 Å². The summed E-state index contributed by atoms with van der Waals surface area (Å²) in [5.41, 5.74) is 19.8. The third-order valence-corrected chi connectivity index (χ3v) is 12.7. The van der Waals surface area contributed by atoms with Crippen molar-refractivity contribution in [2.24, 2.45) is 0 Å². The molecule has 0 saturated heterocycles. The van der Waals surface area contributed by atoms with Crippen LogP contribution in [0.25, 0.3) is 11.1 Å². The first kappa shape index (κ1) is 30.8. The van der Waals surface area contributed by atoms with Gasteiger partial charge in [0.1, 0.15) is 0 Å². The number of aryl methyl sites for hydroxylation is 1. The van der Waals surface area contributed by atoms with Crippen molar-refractivity contribution < 1.29 is 0 Å². The quantitative estimate of drug-likeness (QED) is 0.139. The van der Waals surface area contributed by atoms with Crippen molar-refractivity contribution in [3.8, 4) is 11.1 Å². The molecule has 4 aliphatic rings. The van der Waals surface area contributed by atoms with Gasteiger partial charge >= 0.3 is 6.85 Å². The molecule has 0 fully saturated rings. The van der Waals surface area contributed by atoms with Crippen LogP contribution in [0.4, 0.5) is 28.4 Å². The molecule has 0 unspecified atom stereocenters. The van der Waals surface area contributed by atoms with Gasteiger partial charge in [0.2, 0.25) is 0 Å². The summed E-state index contributed by atoms with van der Waals surface area (Å²) in [5.74, 6) is 0. The lowest BCUT2D eigenvalue weighted by Gasteiger charge is -2.51. The van der Waals surface area contributed by atoms with Crippen LogP contribution in [0.1, 0.15) is 108 Å². The highest BCUT2D eigenvalue weighted by molar-refractivity contribution is 6.93. The van der Waals surface area contributed by atoms with Crippen LogP contribution in [0.3, 0.4) is 0 Å². The Morgan fingerprint density at radius 1 is 0.612 bits per heavy atom. The summed E-state index contributed by atoms with van der Waals surface area (Å²) in [6.07, 6.45) is 7.24. The maximum absolute atomic E-state index is 2.70. The average Bonchev–Trinajstić information content (AvgIpc) is 3.10. The summed E-state index contributed by atoms with van der Waals surface area (Å²) < 4.78 is 0. The second-order valence-electron chi connectivity index (χ2n) is 17.0. The maximum Gasteiger partial charge on any atom is 0.333 e. The fraction of sp³-hybridized carbons (Fsp3) is 0.348. The second kappa shape index (κ2) is 10.6. The highest BCUT2D eigenvalue weighted by atomic mass is 15.2. The minimum Gasteiger partial charge on any atom is -0.376 e. The molecular formula is C46H49BN2. The SMILES string of the molecule is CCCCCc1cc2c3c(c1)N1c4ccccc4C(C)(C)c4cccc(c41)B3N(c1ccccc1)c1cc3c(cc1-2)C(C)(C)CCC3(C)C. The molecule has 0 saturated carbocycles.